The SMILES string of the molecule is CC[C@H](C)[C@H](NC(=O)[C@@H](N)CC(N)=O)C(=O)N1CCC[C@H]1C(=O)N1CCC[C@H]1C(=O)N[C@@H](CC(C)C)C(=O)O. The molecule has 2 rings (SSSR count). The van der Waals surface area contributed by atoms with Gasteiger partial charge in [0.25, 0.3) is 0 Å². The van der Waals surface area contributed by atoms with Gasteiger partial charge < -0.3 is 37.0 Å². The van der Waals surface area contributed by atoms with Crippen LogP contribution in [0.5, 0.6) is 0 Å². The largest absolute Gasteiger partial charge is 0.480 e. The van der Waals surface area contributed by atoms with Gasteiger partial charge in [0, 0.05) is 13.1 Å². The molecule has 6 atom stereocenters. The Labute approximate surface area is 229 Å². The molecule has 0 spiro atoms. The minimum atomic E-state index is -1.20. The fourth-order valence-electron chi connectivity index (χ4n) is 5.17. The van der Waals surface area contributed by atoms with Gasteiger partial charge in [0.05, 0.1) is 12.5 Å². The van der Waals surface area contributed by atoms with E-state index >= 15 is 0 Å². The molecule has 2 heterocycles. The van der Waals surface area contributed by atoms with E-state index in [4.69, 9.17) is 11.5 Å². The van der Waals surface area contributed by atoms with Crippen LogP contribution in [0.15, 0.2) is 0 Å². The average molecular weight is 553 g/mol. The lowest BCUT2D eigenvalue weighted by Crippen LogP contribution is -2.59. The summed E-state index contributed by atoms with van der Waals surface area (Å²) in [7, 11) is 0. The number of carbonyl (C=O) groups is 6. The van der Waals surface area contributed by atoms with Crippen LogP contribution in [0, 0.1) is 11.8 Å². The number of carboxylic acid groups (broad SMARTS) is 1. The third-order valence-electron chi connectivity index (χ3n) is 7.52. The Morgan fingerprint density at radius 3 is 2.08 bits per heavy atom. The summed E-state index contributed by atoms with van der Waals surface area (Å²) in [6.07, 6.45) is 2.41. The van der Waals surface area contributed by atoms with E-state index in [1.807, 2.05) is 20.8 Å². The molecular weight excluding hydrogens is 508 g/mol. The average Bonchev–Trinajstić information content (AvgIpc) is 3.55. The highest BCUT2D eigenvalue weighted by atomic mass is 16.4. The molecule has 0 aromatic heterocycles. The smallest absolute Gasteiger partial charge is 0.326 e. The third kappa shape index (κ3) is 8.38. The maximum Gasteiger partial charge on any atom is 0.326 e. The second kappa shape index (κ2) is 14.2. The molecule has 5 amide bonds. The van der Waals surface area contributed by atoms with Crippen molar-refractivity contribution in [1.82, 2.24) is 20.4 Å². The first-order valence-electron chi connectivity index (χ1n) is 13.8. The van der Waals surface area contributed by atoms with E-state index < -0.39 is 59.8 Å². The van der Waals surface area contributed by atoms with Crippen LogP contribution in [-0.2, 0) is 28.8 Å². The number of nitrogens with one attached hydrogen (secondary N) is 2. The highest BCUT2D eigenvalue weighted by molar-refractivity contribution is 5.96. The molecule has 0 aliphatic carbocycles. The lowest BCUT2D eigenvalue weighted by molar-refractivity contribution is -0.149. The molecule has 2 saturated heterocycles. The molecule has 2 aliphatic heterocycles. The number of hydrogen-bond donors (Lipinski definition) is 5. The monoisotopic (exact) mass is 552 g/mol. The van der Waals surface area contributed by atoms with E-state index in [1.54, 1.807) is 6.92 Å². The summed E-state index contributed by atoms with van der Waals surface area (Å²) in [5, 5.41) is 14.7. The summed E-state index contributed by atoms with van der Waals surface area (Å²) in [6, 6.07) is -4.84. The fourth-order valence-corrected chi connectivity index (χ4v) is 5.17. The number of nitrogens with zero attached hydrogens (tertiary/aromatic N) is 2. The Kier molecular flexibility index (Phi) is 11.7. The van der Waals surface area contributed by atoms with E-state index in [9.17, 15) is 33.9 Å². The first-order valence-corrected chi connectivity index (χ1v) is 13.8. The van der Waals surface area contributed by atoms with Gasteiger partial charge in [-0.3, -0.25) is 24.0 Å². The first kappa shape index (κ1) is 32.0. The summed E-state index contributed by atoms with van der Waals surface area (Å²) in [4.78, 5) is 78.7. The zero-order valence-electron chi connectivity index (χ0n) is 23.4. The van der Waals surface area contributed by atoms with Gasteiger partial charge in [0.15, 0.2) is 0 Å². The highest BCUT2D eigenvalue weighted by Crippen LogP contribution is 2.27. The predicted molar refractivity (Wildman–Crippen MR) is 142 cm³/mol. The number of nitrogens with two attached hydrogens (primary N) is 2. The van der Waals surface area contributed by atoms with Gasteiger partial charge in [-0.1, -0.05) is 34.1 Å². The number of carboxylic acids is 1. The van der Waals surface area contributed by atoms with Gasteiger partial charge in [0.2, 0.25) is 29.5 Å². The van der Waals surface area contributed by atoms with Crippen LogP contribution in [0.2, 0.25) is 0 Å². The van der Waals surface area contributed by atoms with Gasteiger partial charge in [0.1, 0.15) is 24.2 Å². The van der Waals surface area contributed by atoms with Crippen molar-refractivity contribution in [2.75, 3.05) is 13.1 Å². The van der Waals surface area contributed by atoms with E-state index in [0.29, 0.717) is 45.2 Å². The van der Waals surface area contributed by atoms with Crippen LogP contribution in [0.25, 0.3) is 0 Å². The van der Waals surface area contributed by atoms with E-state index in [-0.39, 0.29) is 30.6 Å². The number of hydrogen-bond acceptors (Lipinski definition) is 7. The number of amides is 5. The van der Waals surface area contributed by atoms with Gasteiger partial charge in [-0.05, 0) is 43.9 Å². The Balaban J connectivity index is 2.18. The van der Waals surface area contributed by atoms with Crippen LogP contribution >= 0.6 is 0 Å². The molecule has 0 radical (unpaired) electrons. The number of primary amides is 1. The number of aliphatic carboxylic acids is 1. The van der Waals surface area contributed by atoms with Crippen LogP contribution in [-0.4, -0.2) is 93.7 Å². The lowest BCUT2D eigenvalue weighted by atomic mass is 9.96. The second-order valence-corrected chi connectivity index (χ2v) is 11.1. The molecule has 2 aliphatic rings. The van der Waals surface area contributed by atoms with Crippen molar-refractivity contribution in [2.24, 2.45) is 23.3 Å². The fraction of sp³-hybridized carbons (Fsp3) is 0.769. The topological polar surface area (TPSA) is 205 Å². The maximum absolute atomic E-state index is 13.7. The number of carbonyl (C=O) groups excluding carboxylic acids is 5. The van der Waals surface area contributed by atoms with E-state index in [0.717, 1.165) is 0 Å². The van der Waals surface area contributed by atoms with Crippen molar-refractivity contribution in [3.05, 3.63) is 0 Å². The zero-order valence-corrected chi connectivity index (χ0v) is 23.4. The molecule has 13 heteroatoms. The van der Waals surface area contributed by atoms with Gasteiger partial charge >= 0.3 is 5.97 Å². The van der Waals surface area contributed by atoms with Gasteiger partial charge in [-0.15, -0.1) is 0 Å². The normalized spacial score (nSPS) is 22.2. The molecule has 0 unspecified atom stereocenters. The molecule has 220 valence electrons. The minimum absolute atomic E-state index is 0.0510. The lowest BCUT2D eigenvalue weighted by Gasteiger charge is -2.34. The molecule has 39 heavy (non-hydrogen) atoms. The third-order valence-corrected chi connectivity index (χ3v) is 7.52. The summed E-state index contributed by atoms with van der Waals surface area (Å²) in [5.41, 5.74) is 10.9. The Morgan fingerprint density at radius 1 is 0.949 bits per heavy atom. The molecule has 0 bridgehead atoms. The summed E-state index contributed by atoms with van der Waals surface area (Å²) < 4.78 is 0. The Bertz CT molecular complexity index is 942. The van der Waals surface area contributed by atoms with Crippen molar-refractivity contribution in [3.63, 3.8) is 0 Å². The van der Waals surface area contributed by atoms with Crippen LogP contribution in [0.1, 0.15) is 72.6 Å². The summed E-state index contributed by atoms with van der Waals surface area (Å²) in [6.45, 7) is 8.02. The molecule has 7 N–H and O–H groups in total. The van der Waals surface area contributed by atoms with Gasteiger partial charge in [-0.2, -0.15) is 0 Å². The zero-order chi connectivity index (χ0) is 29.4. The van der Waals surface area contributed by atoms with Crippen molar-refractivity contribution in [3.8, 4) is 0 Å². The quantitative estimate of drug-likeness (QED) is 0.197. The van der Waals surface area contributed by atoms with Crippen molar-refractivity contribution < 1.29 is 33.9 Å². The van der Waals surface area contributed by atoms with E-state index in [2.05, 4.69) is 10.6 Å². The molecule has 2 fully saturated rings. The van der Waals surface area contributed by atoms with Crippen LogP contribution in [0.3, 0.4) is 0 Å². The van der Waals surface area contributed by atoms with Crippen molar-refractivity contribution in [2.45, 2.75) is 103 Å². The molecule has 0 saturated carbocycles. The van der Waals surface area contributed by atoms with Crippen molar-refractivity contribution in [1.29, 1.82) is 0 Å². The van der Waals surface area contributed by atoms with Crippen LogP contribution in [0.4, 0.5) is 0 Å². The second-order valence-electron chi connectivity index (χ2n) is 11.1. The molecule has 0 aromatic rings. The maximum atomic E-state index is 13.7. The molecule has 0 aromatic carbocycles. The summed E-state index contributed by atoms with van der Waals surface area (Å²) in [5.74, 6) is -4.09. The predicted octanol–water partition coefficient (Wildman–Crippen LogP) is -0.682. The highest BCUT2D eigenvalue weighted by Gasteiger charge is 2.44. The van der Waals surface area contributed by atoms with E-state index in [1.165, 1.54) is 9.80 Å². The van der Waals surface area contributed by atoms with Crippen LogP contribution < -0.4 is 22.1 Å². The number of likely N-dealkylation sites (tertiary alicyclic amines) is 2. The Hall–Kier alpha value is -3.22. The number of rotatable bonds is 13. The summed E-state index contributed by atoms with van der Waals surface area (Å²) >= 11 is 0. The Morgan fingerprint density at radius 2 is 1.54 bits per heavy atom. The van der Waals surface area contributed by atoms with Crippen molar-refractivity contribution >= 4 is 35.5 Å². The molecular formula is C26H44N6O7. The standard InChI is InChI=1S/C26H44N6O7/c1-5-15(4)21(30-22(34)16(27)13-20(28)33)25(37)32-11-7-9-19(32)24(36)31-10-6-8-18(31)23(35)29-17(26(38)39)12-14(2)3/h14-19,21H,5-13,27H2,1-4H3,(H2,28,33)(H,29,35)(H,30,34)(H,38,39)/t15-,16-,17-,18-,19-,21-/m0/s1. The molecule has 13 nitrogen and oxygen atoms in total. The van der Waals surface area contributed by atoms with Gasteiger partial charge in [-0.25, -0.2) is 4.79 Å². The minimum Gasteiger partial charge on any atom is -0.480 e. The first-order chi connectivity index (χ1) is 18.3.